The summed E-state index contributed by atoms with van der Waals surface area (Å²) in [5.41, 5.74) is 1.95. The summed E-state index contributed by atoms with van der Waals surface area (Å²) in [6, 6.07) is 12.5. The summed E-state index contributed by atoms with van der Waals surface area (Å²) in [7, 11) is 1.61. The maximum atomic E-state index is 12.1. The van der Waals surface area contributed by atoms with E-state index in [0.717, 1.165) is 15.8 Å². The second-order valence-corrected chi connectivity index (χ2v) is 6.61. The Bertz CT molecular complexity index is 820. The molecule has 1 atom stereocenters. The molecule has 2 aromatic carbocycles. The highest BCUT2D eigenvalue weighted by Gasteiger charge is 2.11. The molecule has 2 aromatic rings. The van der Waals surface area contributed by atoms with E-state index in [2.05, 4.69) is 26.6 Å². The SMILES string of the molecule is COc1ccc(C(C)NCC(=O)Nc2ccc(C#N)c(Cl)c2)cc1Br. The van der Waals surface area contributed by atoms with Gasteiger partial charge in [0.2, 0.25) is 5.91 Å². The average molecular weight is 423 g/mol. The van der Waals surface area contributed by atoms with Crippen LogP contribution in [0.5, 0.6) is 5.75 Å². The van der Waals surface area contributed by atoms with Crippen LogP contribution < -0.4 is 15.4 Å². The van der Waals surface area contributed by atoms with Crippen LogP contribution in [0.2, 0.25) is 5.02 Å². The first-order valence-electron chi connectivity index (χ1n) is 7.51. The lowest BCUT2D eigenvalue weighted by molar-refractivity contribution is -0.115. The van der Waals surface area contributed by atoms with Gasteiger partial charge in [-0.15, -0.1) is 0 Å². The zero-order chi connectivity index (χ0) is 18.4. The smallest absolute Gasteiger partial charge is 0.238 e. The quantitative estimate of drug-likeness (QED) is 0.729. The molecular formula is C18H17BrClN3O2. The van der Waals surface area contributed by atoms with E-state index in [-0.39, 0.29) is 18.5 Å². The lowest BCUT2D eigenvalue weighted by Gasteiger charge is -2.15. The molecule has 0 saturated carbocycles. The molecule has 0 aliphatic carbocycles. The maximum Gasteiger partial charge on any atom is 0.238 e. The summed E-state index contributed by atoms with van der Waals surface area (Å²) in [5, 5.41) is 15.1. The van der Waals surface area contributed by atoms with Gasteiger partial charge in [0, 0.05) is 11.7 Å². The van der Waals surface area contributed by atoms with Crippen LogP contribution in [-0.2, 0) is 4.79 Å². The molecule has 0 saturated heterocycles. The number of rotatable bonds is 6. The summed E-state index contributed by atoms with van der Waals surface area (Å²) in [4.78, 5) is 12.1. The van der Waals surface area contributed by atoms with Gasteiger partial charge in [0.25, 0.3) is 0 Å². The van der Waals surface area contributed by atoms with Crippen LogP contribution in [0.15, 0.2) is 40.9 Å². The standard InChI is InChI=1S/C18H17BrClN3O2/c1-11(12-4-6-17(25-2)15(19)7-12)22-10-18(24)23-14-5-3-13(9-21)16(20)8-14/h3-8,11,22H,10H2,1-2H3,(H,23,24). The van der Waals surface area contributed by atoms with Crippen LogP contribution in [-0.4, -0.2) is 19.6 Å². The molecule has 0 heterocycles. The van der Waals surface area contributed by atoms with Crippen molar-refractivity contribution >= 4 is 39.1 Å². The summed E-state index contributed by atoms with van der Waals surface area (Å²) in [5.74, 6) is 0.562. The van der Waals surface area contributed by atoms with Crippen molar-refractivity contribution in [2.24, 2.45) is 0 Å². The van der Waals surface area contributed by atoms with E-state index in [4.69, 9.17) is 21.6 Å². The molecule has 5 nitrogen and oxygen atoms in total. The molecule has 0 bridgehead atoms. The molecule has 2 rings (SSSR count). The fraction of sp³-hybridized carbons (Fsp3) is 0.222. The van der Waals surface area contributed by atoms with E-state index in [0.29, 0.717) is 16.3 Å². The monoisotopic (exact) mass is 421 g/mol. The number of amides is 1. The Morgan fingerprint density at radius 2 is 2.12 bits per heavy atom. The third-order valence-corrected chi connectivity index (χ3v) is 4.55. The molecular weight excluding hydrogens is 406 g/mol. The van der Waals surface area contributed by atoms with Gasteiger partial charge in [-0.1, -0.05) is 17.7 Å². The minimum atomic E-state index is -0.194. The molecule has 25 heavy (non-hydrogen) atoms. The zero-order valence-corrected chi connectivity index (χ0v) is 16.1. The molecule has 1 amide bonds. The van der Waals surface area contributed by atoms with Gasteiger partial charge >= 0.3 is 0 Å². The van der Waals surface area contributed by atoms with Gasteiger partial charge in [0.1, 0.15) is 11.8 Å². The van der Waals surface area contributed by atoms with Crippen LogP contribution in [0.25, 0.3) is 0 Å². The first-order chi connectivity index (χ1) is 11.9. The molecule has 1 unspecified atom stereocenters. The van der Waals surface area contributed by atoms with E-state index in [1.54, 1.807) is 25.3 Å². The molecule has 0 aliphatic heterocycles. The highest BCUT2D eigenvalue weighted by atomic mass is 79.9. The second-order valence-electron chi connectivity index (χ2n) is 5.35. The van der Waals surface area contributed by atoms with Gasteiger partial charge in [-0.2, -0.15) is 5.26 Å². The van der Waals surface area contributed by atoms with E-state index in [1.807, 2.05) is 31.2 Å². The molecule has 0 spiro atoms. The van der Waals surface area contributed by atoms with Crippen LogP contribution in [0.3, 0.4) is 0 Å². The third-order valence-electron chi connectivity index (χ3n) is 3.62. The number of ether oxygens (including phenoxy) is 1. The summed E-state index contributed by atoms with van der Waals surface area (Å²) >= 11 is 9.41. The minimum Gasteiger partial charge on any atom is -0.496 e. The van der Waals surface area contributed by atoms with Crippen LogP contribution >= 0.6 is 27.5 Å². The third kappa shape index (κ3) is 5.20. The van der Waals surface area contributed by atoms with E-state index < -0.39 is 0 Å². The number of carbonyl (C=O) groups is 1. The van der Waals surface area contributed by atoms with Crippen molar-refractivity contribution in [1.82, 2.24) is 5.32 Å². The molecule has 2 N–H and O–H groups in total. The Labute approximate surface area is 160 Å². The zero-order valence-electron chi connectivity index (χ0n) is 13.8. The second kappa shape index (κ2) is 8.86. The Morgan fingerprint density at radius 3 is 2.72 bits per heavy atom. The number of methoxy groups -OCH3 is 1. The van der Waals surface area contributed by atoms with Gasteiger partial charge in [-0.25, -0.2) is 0 Å². The van der Waals surface area contributed by atoms with Gasteiger partial charge in [-0.05, 0) is 58.7 Å². The number of hydrogen-bond acceptors (Lipinski definition) is 4. The van der Waals surface area contributed by atoms with E-state index in [1.165, 1.54) is 0 Å². The van der Waals surface area contributed by atoms with E-state index >= 15 is 0 Å². The number of hydrogen-bond donors (Lipinski definition) is 2. The topological polar surface area (TPSA) is 74.2 Å². The molecule has 0 aromatic heterocycles. The predicted octanol–water partition coefficient (Wildman–Crippen LogP) is 4.27. The summed E-state index contributed by atoms with van der Waals surface area (Å²) in [6.45, 7) is 2.11. The number of nitriles is 1. The number of nitrogens with one attached hydrogen (secondary N) is 2. The van der Waals surface area contributed by atoms with Gasteiger partial charge < -0.3 is 15.4 Å². The van der Waals surface area contributed by atoms with Crippen molar-refractivity contribution in [3.63, 3.8) is 0 Å². The van der Waals surface area contributed by atoms with Crippen molar-refractivity contribution < 1.29 is 9.53 Å². The van der Waals surface area contributed by atoms with Gasteiger partial charge in [-0.3, -0.25) is 4.79 Å². The normalized spacial score (nSPS) is 11.5. The first kappa shape index (κ1) is 19.3. The van der Waals surface area contributed by atoms with Crippen molar-refractivity contribution in [3.8, 4) is 11.8 Å². The largest absolute Gasteiger partial charge is 0.496 e. The lowest BCUT2D eigenvalue weighted by atomic mass is 10.1. The number of anilines is 1. The summed E-state index contributed by atoms with van der Waals surface area (Å²) < 4.78 is 6.07. The Balaban J connectivity index is 1.92. The number of halogens is 2. The number of benzene rings is 2. The fourth-order valence-corrected chi connectivity index (χ4v) is 2.99. The Hall–Kier alpha value is -2.07. The van der Waals surface area contributed by atoms with Crippen LogP contribution in [0.1, 0.15) is 24.1 Å². The minimum absolute atomic E-state index is 0.0162. The molecule has 7 heteroatoms. The summed E-state index contributed by atoms with van der Waals surface area (Å²) in [6.07, 6.45) is 0. The van der Waals surface area contributed by atoms with Crippen molar-refractivity contribution in [3.05, 3.63) is 57.0 Å². The number of carbonyl (C=O) groups excluding carboxylic acids is 1. The predicted molar refractivity (Wildman–Crippen MR) is 102 cm³/mol. The van der Waals surface area contributed by atoms with Gasteiger partial charge in [0.15, 0.2) is 0 Å². The van der Waals surface area contributed by atoms with Crippen molar-refractivity contribution in [2.75, 3.05) is 19.0 Å². The maximum absolute atomic E-state index is 12.1. The van der Waals surface area contributed by atoms with Crippen LogP contribution in [0.4, 0.5) is 5.69 Å². The Kier molecular flexibility index (Phi) is 6.82. The lowest BCUT2D eigenvalue weighted by Crippen LogP contribution is -2.30. The highest BCUT2D eigenvalue weighted by molar-refractivity contribution is 9.10. The van der Waals surface area contributed by atoms with Crippen LogP contribution in [0, 0.1) is 11.3 Å². The van der Waals surface area contributed by atoms with Crippen molar-refractivity contribution in [1.29, 1.82) is 5.26 Å². The average Bonchev–Trinajstić information content (AvgIpc) is 2.59. The Morgan fingerprint density at radius 1 is 1.36 bits per heavy atom. The molecule has 0 radical (unpaired) electrons. The van der Waals surface area contributed by atoms with E-state index in [9.17, 15) is 4.79 Å². The molecule has 0 aliphatic rings. The van der Waals surface area contributed by atoms with Gasteiger partial charge in [0.05, 0.1) is 28.7 Å². The van der Waals surface area contributed by atoms with Crippen molar-refractivity contribution in [2.45, 2.75) is 13.0 Å². The number of nitrogens with zero attached hydrogens (tertiary/aromatic N) is 1. The highest BCUT2D eigenvalue weighted by Crippen LogP contribution is 2.28. The first-order valence-corrected chi connectivity index (χ1v) is 8.68. The molecule has 0 fully saturated rings. The molecule has 130 valence electrons. The fourth-order valence-electron chi connectivity index (χ4n) is 2.20.